The van der Waals surface area contributed by atoms with E-state index in [-0.39, 0.29) is 11.9 Å². The summed E-state index contributed by atoms with van der Waals surface area (Å²) in [6.45, 7) is 10.1. The van der Waals surface area contributed by atoms with Crippen molar-refractivity contribution in [3.63, 3.8) is 0 Å². The van der Waals surface area contributed by atoms with Crippen molar-refractivity contribution in [2.75, 3.05) is 56.0 Å². The van der Waals surface area contributed by atoms with Crippen molar-refractivity contribution in [3.05, 3.63) is 71.1 Å². The fourth-order valence-corrected chi connectivity index (χ4v) is 5.35. The number of benzene rings is 2. The number of hydrogen-bond acceptors (Lipinski definition) is 7. The highest BCUT2D eigenvalue weighted by Crippen LogP contribution is 2.35. The molecule has 0 spiro atoms. The van der Waals surface area contributed by atoms with Crippen molar-refractivity contribution in [2.45, 2.75) is 32.7 Å². The van der Waals surface area contributed by atoms with Gasteiger partial charge >= 0.3 is 0 Å². The number of aryl methyl sites for hydroxylation is 1. The molecule has 0 radical (unpaired) electrons. The molecule has 200 valence electrons. The smallest absolute Gasteiger partial charge is 0.219 e. The van der Waals surface area contributed by atoms with Gasteiger partial charge in [-0.2, -0.15) is 0 Å². The van der Waals surface area contributed by atoms with E-state index in [1.165, 1.54) is 0 Å². The maximum absolute atomic E-state index is 11.6. The summed E-state index contributed by atoms with van der Waals surface area (Å²) in [6, 6.07) is 15.5. The van der Waals surface area contributed by atoms with E-state index >= 15 is 0 Å². The summed E-state index contributed by atoms with van der Waals surface area (Å²) in [7, 11) is 0. The molecule has 1 amide bonds. The number of ether oxygens (including phenoxy) is 1. The molecule has 2 aromatic carbocycles. The predicted octanol–water partition coefficient (Wildman–Crippen LogP) is 5.15. The molecule has 1 atom stereocenters. The first-order valence-corrected chi connectivity index (χ1v) is 13.7. The second-order valence-corrected chi connectivity index (χ2v) is 10.4. The van der Waals surface area contributed by atoms with E-state index in [4.69, 9.17) is 21.3 Å². The van der Waals surface area contributed by atoms with Crippen LogP contribution in [0.1, 0.15) is 37.2 Å². The maximum atomic E-state index is 11.6. The summed E-state index contributed by atoms with van der Waals surface area (Å²) in [5.74, 6) is 3.44. The molecule has 3 heterocycles. The van der Waals surface area contributed by atoms with Crippen molar-refractivity contribution in [3.8, 4) is 11.5 Å². The number of carbonyl (C=O) groups excluding carboxylic acids is 1. The van der Waals surface area contributed by atoms with Gasteiger partial charge < -0.3 is 19.9 Å². The fourth-order valence-electron chi connectivity index (χ4n) is 5.17. The summed E-state index contributed by atoms with van der Waals surface area (Å²) < 4.78 is 6.02. The summed E-state index contributed by atoms with van der Waals surface area (Å²) in [5.41, 5.74) is 2.11. The molecule has 1 N–H and O–H groups in total. The molecule has 3 aromatic rings. The van der Waals surface area contributed by atoms with Gasteiger partial charge in [-0.05, 0) is 56.6 Å². The van der Waals surface area contributed by atoms with Crippen LogP contribution in [0.4, 0.5) is 11.5 Å². The summed E-state index contributed by atoms with van der Waals surface area (Å²) in [5, 5.41) is 4.33. The van der Waals surface area contributed by atoms with E-state index < -0.39 is 0 Å². The van der Waals surface area contributed by atoms with Crippen LogP contribution >= 0.6 is 11.6 Å². The quantitative estimate of drug-likeness (QED) is 0.428. The van der Waals surface area contributed by atoms with Crippen molar-refractivity contribution in [2.24, 2.45) is 0 Å². The zero-order valence-electron chi connectivity index (χ0n) is 22.1. The number of halogens is 1. The van der Waals surface area contributed by atoms with E-state index in [9.17, 15) is 4.79 Å². The molecule has 0 bridgehead atoms. The third-order valence-electron chi connectivity index (χ3n) is 7.21. The lowest BCUT2D eigenvalue weighted by atomic mass is 10.00. The van der Waals surface area contributed by atoms with Crippen LogP contribution in [-0.4, -0.2) is 71.5 Å². The zero-order chi connectivity index (χ0) is 26.5. The first-order valence-electron chi connectivity index (χ1n) is 13.3. The molecule has 1 unspecified atom stereocenters. The Balaban J connectivity index is 1.21. The zero-order valence-corrected chi connectivity index (χ0v) is 22.8. The van der Waals surface area contributed by atoms with E-state index in [0.29, 0.717) is 10.8 Å². The highest BCUT2D eigenvalue weighted by molar-refractivity contribution is 6.30. The minimum absolute atomic E-state index is 0.114. The first kappa shape index (κ1) is 26.3. The number of piperazine rings is 1. The lowest BCUT2D eigenvalue weighted by molar-refractivity contribution is -0.130. The van der Waals surface area contributed by atoms with Gasteiger partial charge in [-0.1, -0.05) is 23.7 Å². The number of nitrogens with one attached hydrogen (secondary N) is 1. The van der Waals surface area contributed by atoms with Crippen molar-refractivity contribution in [1.29, 1.82) is 0 Å². The number of aromatic nitrogens is 2. The Morgan fingerprint density at radius 2 is 1.82 bits per heavy atom. The van der Waals surface area contributed by atoms with Crippen molar-refractivity contribution < 1.29 is 9.53 Å². The van der Waals surface area contributed by atoms with Crippen LogP contribution in [0.15, 0.2) is 54.7 Å². The summed E-state index contributed by atoms with van der Waals surface area (Å²) in [6.07, 6.45) is 3.98. The number of carbonyl (C=O) groups is 1. The number of hydrogen-bond donors (Lipinski definition) is 1. The lowest BCUT2D eigenvalue weighted by Crippen LogP contribution is -2.48. The molecule has 5 rings (SSSR count). The van der Waals surface area contributed by atoms with Crippen LogP contribution in [0.3, 0.4) is 0 Å². The predicted molar refractivity (Wildman–Crippen MR) is 151 cm³/mol. The van der Waals surface area contributed by atoms with Crippen molar-refractivity contribution in [1.82, 2.24) is 19.8 Å². The number of anilines is 2. The van der Waals surface area contributed by atoms with Gasteiger partial charge in [0.1, 0.15) is 23.1 Å². The number of rotatable bonds is 8. The fraction of sp³-hybridized carbons (Fsp3) is 0.414. The Morgan fingerprint density at radius 3 is 2.58 bits per heavy atom. The standard InChI is InChI=1S/C29H35ClN6O2/c1-21-31-20-27-28(33-24-7-4-9-26(19-24)38-25-8-3-6-23(30)18-25)10-13-36(29(27)32-21)12-5-11-34-14-16-35(17-15-34)22(2)37/h3-4,6-9,18-20,28,33H,5,10-17H2,1-2H3. The third-order valence-corrected chi connectivity index (χ3v) is 7.44. The Morgan fingerprint density at radius 1 is 1.05 bits per heavy atom. The second-order valence-electron chi connectivity index (χ2n) is 9.96. The van der Waals surface area contributed by atoms with Gasteiger partial charge in [0.2, 0.25) is 5.91 Å². The average Bonchev–Trinajstić information content (AvgIpc) is 2.90. The van der Waals surface area contributed by atoms with Gasteiger partial charge in [-0.15, -0.1) is 0 Å². The van der Waals surface area contributed by atoms with Gasteiger partial charge in [0.25, 0.3) is 0 Å². The topological polar surface area (TPSA) is 73.8 Å². The Bertz CT molecular complexity index is 1260. The van der Waals surface area contributed by atoms with E-state index in [0.717, 1.165) is 87.3 Å². The summed E-state index contributed by atoms with van der Waals surface area (Å²) >= 11 is 6.11. The molecule has 38 heavy (non-hydrogen) atoms. The minimum Gasteiger partial charge on any atom is -0.457 e. The number of amides is 1. The van der Waals surface area contributed by atoms with Crippen LogP contribution in [0.5, 0.6) is 11.5 Å². The van der Waals surface area contributed by atoms with Gasteiger partial charge in [0, 0.05) is 74.7 Å². The van der Waals surface area contributed by atoms with Crippen molar-refractivity contribution >= 4 is 29.0 Å². The largest absolute Gasteiger partial charge is 0.457 e. The van der Waals surface area contributed by atoms with E-state index in [2.05, 4.69) is 26.2 Å². The highest BCUT2D eigenvalue weighted by Gasteiger charge is 2.27. The Hall–Kier alpha value is -3.36. The molecular formula is C29H35ClN6O2. The number of nitrogens with zero attached hydrogens (tertiary/aromatic N) is 5. The minimum atomic E-state index is 0.114. The van der Waals surface area contributed by atoms with Crippen LogP contribution in [0, 0.1) is 6.92 Å². The normalized spacial score (nSPS) is 17.7. The number of fused-ring (bicyclic) bond motifs is 1. The SMILES string of the molecule is CC(=O)N1CCN(CCCN2CCC(Nc3cccc(Oc4cccc(Cl)c4)c3)c3cnc(C)nc32)CC1. The van der Waals surface area contributed by atoms with E-state index in [1.54, 1.807) is 13.0 Å². The molecule has 0 saturated carbocycles. The first-order chi connectivity index (χ1) is 18.4. The van der Waals surface area contributed by atoms with Crippen LogP contribution < -0.4 is 15.0 Å². The molecule has 2 aliphatic rings. The molecule has 1 fully saturated rings. The van der Waals surface area contributed by atoms with Gasteiger partial charge in [-0.3, -0.25) is 9.69 Å². The van der Waals surface area contributed by atoms with Crippen LogP contribution in [0.2, 0.25) is 5.02 Å². The molecule has 1 aromatic heterocycles. The molecule has 2 aliphatic heterocycles. The Labute approximate surface area is 229 Å². The molecule has 8 nitrogen and oxygen atoms in total. The lowest BCUT2D eigenvalue weighted by Gasteiger charge is -2.37. The maximum Gasteiger partial charge on any atom is 0.219 e. The highest BCUT2D eigenvalue weighted by atomic mass is 35.5. The van der Waals surface area contributed by atoms with E-state index in [1.807, 2.05) is 54.4 Å². The molecule has 1 saturated heterocycles. The van der Waals surface area contributed by atoms with Crippen LogP contribution in [0.25, 0.3) is 0 Å². The average molecular weight is 535 g/mol. The second kappa shape index (κ2) is 12.0. The van der Waals surface area contributed by atoms with Gasteiger partial charge in [-0.25, -0.2) is 9.97 Å². The Kier molecular flexibility index (Phi) is 8.29. The molecule has 9 heteroatoms. The van der Waals surface area contributed by atoms with Gasteiger partial charge in [0.05, 0.1) is 6.04 Å². The molecule has 0 aliphatic carbocycles. The molecular weight excluding hydrogens is 500 g/mol. The summed E-state index contributed by atoms with van der Waals surface area (Å²) in [4.78, 5) is 27.7. The monoisotopic (exact) mass is 534 g/mol. The third kappa shape index (κ3) is 6.55. The van der Waals surface area contributed by atoms with Crippen LogP contribution in [-0.2, 0) is 4.79 Å². The van der Waals surface area contributed by atoms with Gasteiger partial charge in [0.15, 0.2) is 0 Å².